The van der Waals surface area contributed by atoms with E-state index >= 15 is 0 Å². The van der Waals surface area contributed by atoms with Gasteiger partial charge in [0.15, 0.2) is 0 Å². The van der Waals surface area contributed by atoms with Gasteiger partial charge in [-0.2, -0.15) is 0 Å². The average molecular weight is 462 g/mol. The highest BCUT2D eigenvalue weighted by Gasteiger charge is 2.28. The van der Waals surface area contributed by atoms with Crippen molar-refractivity contribution < 1.29 is 9.53 Å². The van der Waals surface area contributed by atoms with Crippen molar-refractivity contribution in [3.05, 3.63) is 88.9 Å². The van der Waals surface area contributed by atoms with Crippen LogP contribution in [0.5, 0.6) is 5.75 Å². The largest absolute Gasteiger partial charge is 0.489 e. The molecule has 5 nitrogen and oxygen atoms in total. The molecule has 0 N–H and O–H groups in total. The first-order valence-electron chi connectivity index (χ1n) is 11.5. The average Bonchev–Trinajstić information content (AvgIpc) is 2.86. The molecular formula is C27H28ClN3O2. The zero-order chi connectivity index (χ0) is 22.8. The van der Waals surface area contributed by atoms with E-state index in [2.05, 4.69) is 47.1 Å². The summed E-state index contributed by atoms with van der Waals surface area (Å²) in [7, 11) is 0. The molecule has 0 unspecified atom stereocenters. The Morgan fingerprint density at radius 1 is 0.970 bits per heavy atom. The molecule has 1 saturated heterocycles. The van der Waals surface area contributed by atoms with Gasteiger partial charge in [0, 0.05) is 49.0 Å². The summed E-state index contributed by atoms with van der Waals surface area (Å²) in [4.78, 5) is 19.9. The van der Waals surface area contributed by atoms with E-state index in [0.29, 0.717) is 25.3 Å². The van der Waals surface area contributed by atoms with Crippen molar-refractivity contribution in [2.75, 3.05) is 42.6 Å². The van der Waals surface area contributed by atoms with Gasteiger partial charge >= 0.3 is 0 Å². The van der Waals surface area contributed by atoms with Crippen LogP contribution in [0.3, 0.4) is 0 Å². The number of ether oxygens (including phenoxy) is 1. The highest BCUT2D eigenvalue weighted by atomic mass is 35.5. The van der Waals surface area contributed by atoms with Gasteiger partial charge in [-0.25, -0.2) is 0 Å². The molecule has 0 aromatic heterocycles. The van der Waals surface area contributed by atoms with Crippen LogP contribution in [0.25, 0.3) is 0 Å². The second-order valence-corrected chi connectivity index (χ2v) is 9.15. The molecule has 3 aromatic carbocycles. The third-order valence-corrected chi connectivity index (χ3v) is 6.70. The highest BCUT2D eigenvalue weighted by Crippen LogP contribution is 2.36. The summed E-state index contributed by atoms with van der Waals surface area (Å²) in [5.74, 6) is 0.910. The Morgan fingerprint density at radius 2 is 1.76 bits per heavy atom. The molecule has 0 aliphatic carbocycles. The predicted octanol–water partition coefficient (Wildman–Crippen LogP) is 5.09. The lowest BCUT2D eigenvalue weighted by atomic mass is 10.1. The second-order valence-electron chi connectivity index (χ2n) is 8.72. The topological polar surface area (TPSA) is 36.0 Å². The maximum absolute atomic E-state index is 13.4. The number of fused-ring (bicyclic) bond motifs is 1. The summed E-state index contributed by atoms with van der Waals surface area (Å²) < 4.78 is 5.97. The summed E-state index contributed by atoms with van der Waals surface area (Å²) >= 11 is 6.15. The van der Waals surface area contributed by atoms with E-state index in [1.54, 1.807) is 0 Å². The molecule has 3 aromatic rings. The number of benzene rings is 3. The molecule has 33 heavy (non-hydrogen) atoms. The summed E-state index contributed by atoms with van der Waals surface area (Å²) in [6.45, 7) is 6.53. The zero-order valence-electron chi connectivity index (χ0n) is 18.8. The number of anilines is 2. The van der Waals surface area contributed by atoms with E-state index in [9.17, 15) is 4.79 Å². The number of carbonyl (C=O) groups excluding carboxylic acids is 1. The molecule has 170 valence electrons. The standard InChI is InChI=1S/C27H28ClN3O2/c1-20-19-33-26-11-10-22(16-25(26)31(20)18-21-6-3-2-4-7-21)27(32)30-14-12-29(13-15-30)24-9-5-8-23(28)17-24/h2-11,16-17,20H,12-15,18-19H2,1H3/t20-/m1/s1. The summed E-state index contributed by atoms with van der Waals surface area (Å²) in [6, 6.07) is 24.4. The van der Waals surface area contributed by atoms with Crippen molar-refractivity contribution >= 4 is 28.9 Å². The Hall–Kier alpha value is -3.18. The Morgan fingerprint density at radius 3 is 2.52 bits per heavy atom. The van der Waals surface area contributed by atoms with Crippen LogP contribution in [0.4, 0.5) is 11.4 Å². The fraction of sp³-hybridized carbons (Fsp3) is 0.296. The molecule has 2 aliphatic heterocycles. The third-order valence-electron chi connectivity index (χ3n) is 6.46. The molecule has 0 radical (unpaired) electrons. The molecule has 2 aliphatic rings. The fourth-order valence-corrected chi connectivity index (χ4v) is 4.76. The molecule has 6 heteroatoms. The Kier molecular flexibility index (Phi) is 6.14. The Labute approximate surface area is 200 Å². The van der Waals surface area contributed by atoms with Gasteiger partial charge in [-0.1, -0.05) is 48.0 Å². The van der Waals surface area contributed by atoms with E-state index in [1.165, 1.54) is 5.56 Å². The minimum Gasteiger partial charge on any atom is -0.489 e. The number of carbonyl (C=O) groups is 1. The summed E-state index contributed by atoms with van der Waals surface area (Å²) in [5.41, 5.74) is 4.04. The zero-order valence-corrected chi connectivity index (χ0v) is 19.5. The lowest BCUT2D eigenvalue weighted by Gasteiger charge is -2.38. The van der Waals surface area contributed by atoms with E-state index in [-0.39, 0.29) is 11.9 Å². The molecule has 1 amide bonds. The number of rotatable bonds is 4. The van der Waals surface area contributed by atoms with Crippen LogP contribution in [0.2, 0.25) is 5.02 Å². The predicted molar refractivity (Wildman–Crippen MR) is 134 cm³/mol. The monoisotopic (exact) mass is 461 g/mol. The van der Waals surface area contributed by atoms with Gasteiger partial charge in [-0.3, -0.25) is 4.79 Å². The number of hydrogen-bond acceptors (Lipinski definition) is 4. The first kappa shape index (κ1) is 21.7. The molecule has 1 fully saturated rings. The minimum atomic E-state index is 0.0708. The first-order valence-corrected chi connectivity index (χ1v) is 11.8. The second kappa shape index (κ2) is 9.36. The fourth-order valence-electron chi connectivity index (χ4n) is 4.58. The van der Waals surface area contributed by atoms with Crippen molar-refractivity contribution in [2.24, 2.45) is 0 Å². The maximum atomic E-state index is 13.4. The van der Waals surface area contributed by atoms with Gasteiger partial charge in [0.2, 0.25) is 0 Å². The highest BCUT2D eigenvalue weighted by molar-refractivity contribution is 6.30. The molecule has 0 spiro atoms. The lowest BCUT2D eigenvalue weighted by molar-refractivity contribution is 0.0746. The third kappa shape index (κ3) is 4.64. The van der Waals surface area contributed by atoms with Gasteiger partial charge in [0.05, 0.1) is 11.7 Å². The van der Waals surface area contributed by atoms with Gasteiger partial charge in [0.1, 0.15) is 12.4 Å². The summed E-state index contributed by atoms with van der Waals surface area (Å²) in [6.07, 6.45) is 0. The Bertz CT molecular complexity index is 1130. The Balaban J connectivity index is 1.32. The van der Waals surface area contributed by atoms with Gasteiger partial charge < -0.3 is 19.4 Å². The van der Waals surface area contributed by atoms with Gasteiger partial charge in [-0.05, 0) is 48.9 Å². The SMILES string of the molecule is C[C@@H]1COc2ccc(C(=O)N3CCN(c4cccc(Cl)c4)CC3)cc2N1Cc1ccccc1. The van der Waals surface area contributed by atoms with Crippen molar-refractivity contribution in [3.8, 4) is 5.75 Å². The molecule has 1 atom stereocenters. The van der Waals surface area contributed by atoms with Crippen LogP contribution in [0, 0.1) is 0 Å². The number of hydrogen-bond donors (Lipinski definition) is 0. The lowest BCUT2D eigenvalue weighted by Crippen LogP contribution is -2.48. The van der Waals surface area contributed by atoms with Crippen LogP contribution >= 0.6 is 11.6 Å². The van der Waals surface area contributed by atoms with Crippen molar-refractivity contribution in [1.82, 2.24) is 4.90 Å². The number of nitrogens with zero attached hydrogens (tertiary/aromatic N) is 3. The first-order chi connectivity index (χ1) is 16.1. The van der Waals surface area contributed by atoms with Crippen LogP contribution in [0.15, 0.2) is 72.8 Å². The van der Waals surface area contributed by atoms with Gasteiger partial charge in [-0.15, -0.1) is 0 Å². The normalized spacial score (nSPS) is 18.0. The molecule has 2 heterocycles. The van der Waals surface area contributed by atoms with E-state index in [1.807, 2.05) is 47.4 Å². The number of piperazine rings is 1. The van der Waals surface area contributed by atoms with Crippen LogP contribution in [-0.4, -0.2) is 49.6 Å². The molecule has 5 rings (SSSR count). The van der Waals surface area contributed by atoms with Gasteiger partial charge in [0.25, 0.3) is 5.91 Å². The van der Waals surface area contributed by atoms with Crippen molar-refractivity contribution in [1.29, 1.82) is 0 Å². The van der Waals surface area contributed by atoms with Crippen molar-refractivity contribution in [3.63, 3.8) is 0 Å². The van der Waals surface area contributed by atoms with Crippen LogP contribution in [0.1, 0.15) is 22.8 Å². The van der Waals surface area contributed by atoms with Crippen molar-refractivity contribution in [2.45, 2.75) is 19.5 Å². The van der Waals surface area contributed by atoms with E-state index < -0.39 is 0 Å². The molecule has 0 saturated carbocycles. The maximum Gasteiger partial charge on any atom is 0.254 e. The molecular weight excluding hydrogens is 434 g/mol. The quantitative estimate of drug-likeness (QED) is 0.542. The van der Waals surface area contributed by atoms with E-state index in [4.69, 9.17) is 16.3 Å². The number of halogens is 1. The van der Waals surface area contributed by atoms with E-state index in [0.717, 1.165) is 41.8 Å². The minimum absolute atomic E-state index is 0.0708. The molecule has 0 bridgehead atoms. The summed E-state index contributed by atoms with van der Waals surface area (Å²) in [5, 5.41) is 0.733. The van der Waals surface area contributed by atoms with Crippen LogP contribution in [-0.2, 0) is 6.54 Å². The smallest absolute Gasteiger partial charge is 0.254 e. The number of amides is 1. The van der Waals surface area contributed by atoms with Crippen LogP contribution < -0.4 is 14.5 Å².